The average molecular weight is 471 g/mol. The molecule has 1 aliphatic carbocycles. The molecule has 1 saturated heterocycles. The Morgan fingerprint density at radius 2 is 2.06 bits per heavy atom. The van der Waals surface area contributed by atoms with Gasteiger partial charge in [-0.15, -0.1) is 0 Å². The Balaban J connectivity index is 1.38. The van der Waals surface area contributed by atoms with Crippen LogP contribution in [-0.2, 0) is 16.1 Å². The van der Waals surface area contributed by atoms with Crippen molar-refractivity contribution in [3.05, 3.63) is 58.7 Å². The molecule has 0 aromatic heterocycles. The van der Waals surface area contributed by atoms with Gasteiger partial charge in [-0.2, -0.15) is 0 Å². The van der Waals surface area contributed by atoms with E-state index in [1.165, 1.54) is 24.2 Å². The smallest absolute Gasteiger partial charge is 0.251 e. The summed E-state index contributed by atoms with van der Waals surface area (Å²) in [6.45, 7) is 5.10. The average Bonchev–Trinajstić information content (AvgIpc) is 2.78. The molecular formula is C24H27ClN4O2S. The van der Waals surface area contributed by atoms with Crippen LogP contribution in [0.2, 0.25) is 5.02 Å². The molecule has 2 heterocycles. The highest BCUT2D eigenvalue weighted by Gasteiger charge is 2.35. The van der Waals surface area contributed by atoms with Crippen molar-refractivity contribution in [1.82, 2.24) is 15.1 Å². The van der Waals surface area contributed by atoms with Gasteiger partial charge in [0, 0.05) is 29.7 Å². The number of halogens is 1. The summed E-state index contributed by atoms with van der Waals surface area (Å²) < 4.78 is 0. The number of hydrogen-bond donors (Lipinski definition) is 1. The summed E-state index contributed by atoms with van der Waals surface area (Å²) in [7, 11) is 0. The summed E-state index contributed by atoms with van der Waals surface area (Å²) in [5.74, 6) is -0.824. The predicted molar refractivity (Wildman–Crippen MR) is 131 cm³/mol. The third kappa shape index (κ3) is 5.17. The molecule has 0 radical (unpaired) electrons. The van der Waals surface area contributed by atoms with Crippen LogP contribution in [0.25, 0.3) is 0 Å². The Hall–Kier alpha value is -2.35. The minimum atomic E-state index is -0.528. The van der Waals surface area contributed by atoms with Gasteiger partial charge in [0.1, 0.15) is 0 Å². The maximum absolute atomic E-state index is 13.0. The number of benzene rings is 1. The van der Waals surface area contributed by atoms with Crippen LogP contribution < -0.4 is 5.32 Å². The normalized spacial score (nSPS) is 23.5. The summed E-state index contributed by atoms with van der Waals surface area (Å²) in [5.41, 5.74) is 1.93. The Bertz CT molecular complexity index is 1000. The number of carbonyl (C=O) groups is 2. The Labute approximate surface area is 199 Å². The molecule has 0 saturated carbocycles. The van der Waals surface area contributed by atoms with E-state index in [-0.39, 0.29) is 16.9 Å². The predicted octanol–water partition coefficient (Wildman–Crippen LogP) is 3.51. The van der Waals surface area contributed by atoms with Crippen molar-refractivity contribution in [3.63, 3.8) is 0 Å². The number of aliphatic imine (C=N–C) groups is 1. The molecule has 168 valence electrons. The Morgan fingerprint density at radius 3 is 2.81 bits per heavy atom. The van der Waals surface area contributed by atoms with Gasteiger partial charge in [0.2, 0.25) is 11.0 Å². The van der Waals surface area contributed by atoms with Crippen LogP contribution in [0.4, 0.5) is 0 Å². The SMILES string of the molecule is CC1CCCCN1CCNC(=O)C1=CC2=NC(=S)N(Cc3ccc(Cl)cc3)C(=O)C2C=C1. The van der Waals surface area contributed by atoms with Gasteiger partial charge in [0.05, 0.1) is 18.2 Å². The van der Waals surface area contributed by atoms with Crippen molar-refractivity contribution in [1.29, 1.82) is 0 Å². The fourth-order valence-corrected chi connectivity index (χ4v) is 4.69. The van der Waals surface area contributed by atoms with Gasteiger partial charge in [-0.3, -0.25) is 19.4 Å². The maximum atomic E-state index is 13.0. The van der Waals surface area contributed by atoms with Crippen molar-refractivity contribution < 1.29 is 9.59 Å². The van der Waals surface area contributed by atoms with Crippen molar-refractivity contribution >= 4 is 46.5 Å². The molecule has 6 nitrogen and oxygen atoms in total. The number of allylic oxidation sites excluding steroid dienone is 1. The lowest BCUT2D eigenvalue weighted by atomic mass is 9.91. The van der Waals surface area contributed by atoms with E-state index in [4.69, 9.17) is 23.8 Å². The zero-order valence-corrected chi connectivity index (χ0v) is 19.7. The van der Waals surface area contributed by atoms with Crippen LogP contribution in [0.15, 0.2) is 53.1 Å². The minimum Gasteiger partial charge on any atom is -0.351 e. The summed E-state index contributed by atoms with van der Waals surface area (Å²) in [6, 6.07) is 7.85. The molecule has 1 N–H and O–H groups in total. The third-order valence-electron chi connectivity index (χ3n) is 6.22. The Morgan fingerprint density at radius 1 is 1.28 bits per heavy atom. The zero-order chi connectivity index (χ0) is 22.7. The van der Waals surface area contributed by atoms with Crippen molar-refractivity contribution in [3.8, 4) is 0 Å². The number of nitrogens with zero attached hydrogens (tertiary/aromatic N) is 3. The number of fused-ring (bicyclic) bond motifs is 1. The van der Waals surface area contributed by atoms with Crippen LogP contribution >= 0.6 is 23.8 Å². The lowest BCUT2D eigenvalue weighted by Gasteiger charge is -2.33. The molecule has 2 unspecified atom stereocenters. The van der Waals surface area contributed by atoms with Gasteiger partial charge in [-0.05, 0) is 62.3 Å². The monoisotopic (exact) mass is 470 g/mol. The number of rotatable bonds is 6. The van der Waals surface area contributed by atoms with E-state index in [1.807, 2.05) is 12.1 Å². The molecule has 1 fully saturated rings. The Kier molecular flexibility index (Phi) is 7.18. The molecule has 2 amide bonds. The van der Waals surface area contributed by atoms with Crippen molar-refractivity contribution in [2.75, 3.05) is 19.6 Å². The van der Waals surface area contributed by atoms with E-state index >= 15 is 0 Å². The van der Waals surface area contributed by atoms with Gasteiger partial charge in [-0.1, -0.05) is 42.3 Å². The van der Waals surface area contributed by atoms with Gasteiger partial charge >= 0.3 is 0 Å². The molecule has 2 aliphatic heterocycles. The van der Waals surface area contributed by atoms with E-state index in [2.05, 4.69) is 22.1 Å². The zero-order valence-electron chi connectivity index (χ0n) is 18.1. The number of likely N-dealkylation sites (tertiary alicyclic amines) is 1. The van der Waals surface area contributed by atoms with E-state index in [1.54, 1.807) is 30.4 Å². The fourth-order valence-electron chi connectivity index (χ4n) is 4.30. The molecule has 1 aromatic rings. The summed E-state index contributed by atoms with van der Waals surface area (Å²) in [4.78, 5) is 34.1. The van der Waals surface area contributed by atoms with Gasteiger partial charge in [0.25, 0.3) is 5.91 Å². The van der Waals surface area contributed by atoms with Gasteiger partial charge < -0.3 is 5.32 Å². The second-order valence-corrected chi connectivity index (χ2v) is 9.24. The van der Waals surface area contributed by atoms with E-state index in [0.29, 0.717) is 35.4 Å². The van der Waals surface area contributed by atoms with Crippen LogP contribution in [0.1, 0.15) is 31.7 Å². The highest BCUT2D eigenvalue weighted by atomic mass is 35.5. The fraction of sp³-hybridized carbons (Fsp3) is 0.417. The largest absolute Gasteiger partial charge is 0.351 e. The molecular weight excluding hydrogens is 444 g/mol. The van der Waals surface area contributed by atoms with Crippen LogP contribution in [-0.4, -0.2) is 58.1 Å². The van der Waals surface area contributed by atoms with Crippen LogP contribution in [0, 0.1) is 5.92 Å². The number of piperidine rings is 1. The molecule has 3 aliphatic rings. The first-order chi connectivity index (χ1) is 15.4. The number of amides is 2. The topological polar surface area (TPSA) is 65.0 Å². The standard InChI is InChI=1S/C24H27ClN4O2S/c1-16-4-2-3-12-28(16)13-11-26-22(30)18-7-10-20-21(14-18)27-24(32)29(23(20)31)15-17-5-8-19(25)9-6-17/h5-10,14,16,20H,2-4,11-13,15H2,1H3,(H,26,30). The van der Waals surface area contributed by atoms with Crippen LogP contribution in [0.3, 0.4) is 0 Å². The summed E-state index contributed by atoms with van der Waals surface area (Å²) in [6.07, 6.45) is 8.83. The highest BCUT2D eigenvalue weighted by Crippen LogP contribution is 2.24. The number of nitrogens with one attached hydrogen (secondary N) is 1. The van der Waals surface area contributed by atoms with Crippen molar-refractivity contribution in [2.45, 2.75) is 38.8 Å². The van der Waals surface area contributed by atoms with Gasteiger partial charge in [-0.25, -0.2) is 4.99 Å². The number of carbonyl (C=O) groups excluding carboxylic acids is 2. The maximum Gasteiger partial charge on any atom is 0.251 e. The highest BCUT2D eigenvalue weighted by molar-refractivity contribution is 7.80. The molecule has 4 rings (SSSR count). The van der Waals surface area contributed by atoms with E-state index in [9.17, 15) is 9.59 Å². The molecule has 32 heavy (non-hydrogen) atoms. The second-order valence-electron chi connectivity index (χ2n) is 8.44. The molecule has 0 spiro atoms. The van der Waals surface area contributed by atoms with E-state index in [0.717, 1.165) is 18.7 Å². The lowest BCUT2D eigenvalue weighted by molar-refractivity contribution is -0.129. The summed E-state index contributed by atoms with van der Waals surface area (Å²) in [5, 5.41) is 3.84. The first kappa shape index (κ1) is 22.8. The molecule has 2 atom stereocenters. The van der Waals surface area contributed by atoms with Crippen molar-refractivity contribution in [2.24, 2.45) is 10.9 Å². The molecule has 1 aromatic carbocycles. The van der Waals surface area contributed by atoms with E-state index < -0.39 is 5.92 Å². The first-order valence-corrected chi connectivity index (χ1v) is 11.8. The third-order valence-corrected chi connectivity index (χ3v) is 6.78. The quantitative estimate of drug-likeness (QED) is 0.646. The summed E-state index contributed by atoms with van der Waals surface area (Å²) >= 11 is 11.3. The minimum absolute atomic E-state index is 0.138. The second kappa shape index (κ2) is 10.1. The van der Waals surface area contributed by atoms with Crippen LogP contribution in [0.5, 0.6) is 0 Å². The molecule has 0 bridgehead atoms. The lowest BCUT2D eigenvalue weighted by Crippen LogP contribution is -2.46. The number of hydrogen-bond acceptors (Lipinski definition) is 4. The van der Waals surface area contributed by atoms with Gasteiger partial charge in [0.15, 0.2) is 0 Å². The molecule has 8 heteroatoms. The number of thiocarbonyl (C=S) groups is 1. The first-order valence-electron chi connectivity index (χ1n) is 11.0.